The first-order chi connectivity index (χ1) is 10.4. The average molecular weight is 302 g/mol. The standard InChI is InChI=1S/C16H14O6/c1-3-21-16(20)12-7-11-6-10(15(18)19)4-5-13(11)14(8-12)22-9(2)17/h4-8H,3H2,1-2H3,(H,18,19). The lowest BCUT2D eigenvalue weighted by Gasteiger charge is -2.10. The van der Waals surface area contributed by atoms with Gasteiger partial charge in [-0.25, -0.2) is 9.59 Å². The lowest BCUT2D eigenvalue weighted by molar-refractivity contribution is -0.131. The molecule has 6 heteroatoms. The third kappa shape index (κ3) is 3.22. The minimum Gasteiger partial charge on any atom is -0.478 e. The molecular formula is C16H14O6. The third-order valence-electron chi connectivity index (χ3n) is 2.93. The molecule has 2 rings (SSSR count). The second kappa shape index (κ2) is 6.26. The fraction of sp³-hybridized carbons (Fsp3) is 0.188. The first kappa shape index (κ1) is 15.5. The van der Waals surface area contributed by atoms with E-state index in [1.165, 1.54) is 37.3 Å². The smallest absolute Gasteiger partial charge is 0.338 e. The Hall–Kier alpha value is -2.89. The van der Waals surface area contributed by atoms with Crippen molar-refractivity contribution in [3.8, 4) is 5.75 Å². The summed E-state index contributed by atoms with van der Waals surface area (Å²) in [6.07, 6.45) is 0. The number of esters is 2. The Morgan fingerprint density at radius 1 is 1.09 bits per heavy atom. The molecule has 0 saturated carbocycles. The van der Waals surface area contributed by atoms with E-state index in [2.05, 4.69) is 0 Å². The fourth-order valence-electron chi connectivity index (χ4n) is 2.04. The molecule has 0 spiro atoms. The molecule has 6 nitrogen and oxygen atoms in total. The van der Waals surface area contributed by atoms with Crippen molar-refractivity contribution in [3.63, 3.8) is 0 Å². The van der Waals surface area contributed by atoms with Crippen molar-refractivity contribution in [2.45, 2.75) is 13.8 Å². The van der Waals surface area contributed by atoms with Gasteiger partial charge in [0.15, 0.2) is 0 Å². The summed E-state index contributed by atoms with van der Waals surface area (Å²) in [5, 5.41) is 10.1. The molecule has 114 valence electrons. The van der Waals surface area contributed by atoms with Crippen LogP contribution in [-0.4, -0.2) is 29.6 Å². The summed E-state index contributed by atoms with van der Waals surface area (Å²) in [5.41, 5.74) is 0.260. The van der Waals surface area contributed by atoms with Crippen molar-refractivity contribution in [2.75, 3.05) is 6.61 Å². The molecule has 0 fully saturated rings. The first-order valence-electron chi connectivity index (χ1n) is 6.59. The molecular weight excluding hydrogens is 288 g/mol. The Balaban J connectivity index is 2.65. The number of carbonyl (C=O) groups is 3. The molecule has 0 atom stereocenters. The number of hydrogen-bond acceptors (Lipinski definition) is 5. The quantitative estimate of drug-likeness (QED) is 0.689. The van der Waals surface area contributed by atoms with Crippen molar-refractivity contribution in [3.05, 3.63) is 41.5 Å². The normalized spacial score (nSPS) is 10.3. The van der Waals surface area contributed by atoms with E-state index in [0.717, 1.165) is 0 Å². The molecule has 0 aliphatic rings. The fourth-order valence-corrected chi connectivity index (χ4v) is 2.04. The minimum absolute atomic E-state index is 0.0716. The molecule has 0 unspecified atom stereocenters. The zero-order chi connectivity index (χ0) is 16.3. The van der Waals surface area contributed by atoms with Crippen LogP contribution in [0.5, 0.6) is 5.75 Å². The molecule has 0 aliphatic heterocycles. The minimum atomic E-state index is -1.09. The van der Waals surface area contributed by atoms with Gasteiger partial charge in [-0.15, -0.1) is 0 Å². The van der Waals surface area contributed by atoms with Crippen molar-refractivity contribution >= 4 is 28.7 Å². The van der Waals surface area contributed by atoms with Gasteiger partial charge in [-0.2, -0.15) is 0 Å². The van der Waals surface area contributed by atoms with Gasteiger partial charge in [0, 0.05) is 12.3 Å². The summed E-state index contributed by atoms with van der Waals surface area (Å²) in [6, 6.07) is 7.26. The van der Waals surface area contributed by atoms with Crippen LogP contribution in [0.4, 0.5) is 0 Å². The predicted octanol–water partition coefficient (Wildman–Crippen LogP) is 2.64. The van der Waals surface area contributed by atoms with Crippen LogP contribution in [0.1, 0.15) is 34.6 Å². The Kier molecular flexibility index (Phi) is 4.41. The monoisotopic (exact) mass is 302 g/mol. The van der Waals surface area contributed by atoms with Crippen molar-refractivity contribution < 1.29 is 29.0 Å². The lowest BCUT2D eigenvalue weighted by Crippen LogP contribution is -2.07. The van der Waals surface area contributed by atoms with Gasteiger partial charge in [0.25, 0.3) is 0 Å². The maximum Gasteiger partial charge on any atom is 0.338 e. The second-order valence-corrected chi connectivity index (χ2v) is 4.53. The zero-order valence-corrected chi connectivity index (χ0v) is 12.1. The van der Waals surface area contributed by atoms with E-state index in [1.807, 2.05) is 0 Å². The van der Waals surface area contributed by atoms with Crippen LogP contribution in [0.2, 0.25) is 0 Å². The summed E-state index contributed by atoms with van der Waals surface area (Å²) in [6.45, 7) is 3.12. The van der Waals surface area contributed by atoms with Gasteiger partial charge in [0.05, 0.1) is 17.7 Å². The topological polar surface area (TPSA) is 89.9 Å². The van der Waals surface area contributed by atoms with Crippen molar-refractivity contribution in [2.24, 2.45) is 0 Å². The Morgan fingerprint density at radius 3 is 2.36 bits per heavy atom. The Labute approximate surface area is 126 Å². The van der Waals surface area contributed by atoms with Gasteiger partial charge < -0.3 is 14.6 Å². The number of aromatic carboxylic acids is 1. The largest absolute Gasteiger partial charge is 0.478 e. The molecule has 0 saturated heterocycles. The van der Waals surface area contributed by atoms with Crippen LogP contribution in [-0.2, 0) is 9.53 Å². The Bertz CT molecular complexity index is 763. The van der Waals surface area contributed by atoms with Crippen LogP contribution < -0.4 is 4.74 Å². The van der Waals surface area contributed by atoms with Gasteiger partial charge in [-0.3, -0.25) is 4.79 Å². The molecule has 1 N–H and O–H groups in total. The predicted molar refractivity (Wildman–Crippen MR) is 78.2 cm³/mol. The highest BCUT2D eigenvalue weighted by molar-refractivity contribution is 6.01. The number of rotatable bonds is 4. The molecule has 0 radical (unpaired) electrons. The van der Waals surface area contributed by atoms with Gasteiger partial charge in [0.2, 0.25) is 0 Å². The average Bonchev–Trinajstić information content (AvgIpc) is 2.46. The molecule has 0 amide bonds. The first-order valence-corrected chi connectivity index (χ1v) is 6.59. The van der Waals surface area contributed by atoms with Crippen LogP contribution in [0.25, 0.3) is 10.8 Å². The van der Waals surface area contributed by atoms with Crippen LogP contribution in [0.15, 0.2) is 30.3 Å². The summed E-state index contributed by atoms with van der Waals surface area (Å²) in [7, 11) is 0. The number of hydrogen-bond donors (Lipinski definition) is 1. The number of carboxylic acid groups (broad SMARTS) is 1. The molecule has 2 aromatic rings. The maximum absolute atomic E-state index is 11.9. The molecule has 0 aromatic heterocycles. The van der Waals surface area contributed by atoms with Gasteiger partial charge in [-0.1, -0.05) is 0 Å². The van der Waals surface area contributed by atoms with Crippen LogP contribution in [0.3, 0.4) is 0 Å². The van der Waals surface area contributed by atoms with E-state index in [-0.39, 0.29) is 23.5 Å². The van der Waals surface area contributed by atoms with Crippen molar-refractivity contribution in [1.82, 2.24) is 0 Å². The number of ether oxygens (including phenoxy) is 2. The number of fused-ring (bicyclic) bond motifs is 1. The summed E-state index contributed by atoms with van der Waals surface area (Å²) in [5.74, 6) is -2.01. The summed E-state index contributed by atoms with van der Waals surface area (Å²) >= 11 is 0. The molecule has 22 heavy (non-hydrogen) atoms. The van der Waals surface area contributed by atoms with Gasteiger partial charge in [-0.05, 0) is 42.6 Å². The van der Waals surface area contributed by atoms with Crippen molar-refractivity contribution in [1.29, 1.82) is 0 Å². The number of carbonyl (C=O) groups excluding carboxylic acids is 2. The number of carboxylic acids is 1. The lowest BCUT2D eigenvalue weighted by atomic mass is 10.0. The van der Waals surface area contributed by atoms with E-state index in [0.29, 0.717) is 10.8 Å². The second-order valence-electron chi connectivity index (χ2n) is 4.53. The van der Waals surface area contributed by atoms with E-state index in [4.69, 9.17) is 14.6 Å². The molecule has 0 aliphatic carbocycles. The zero-order valence-electron chi connectivity index (χ0n) is 12.1. The number of benzene rings is 2. The van der Waals surface area contributed by atoms with E-state index >= 15 is 0 Å². The third-order valence-corrected chi connectivity index (χ3v) is 2.93. The van der Waals surface area contributed by atoms with E-state index in [1.54, 1.807) is 6.92 Å². The van der Waals surface area contributed by atoms with E-state index in [9.17, 15) is 14.4 Å². The highest BCUT2D eigenvalue weighted by Crippen LogP contribution is 2.29. The van der Waals surface area contributed by atoms with Gasteiger partial charge >= 0.3 is 17.9 Å². The highest BCUT2D eigenvalue weighted by atomic mass is 16.5. The Morgan fingerprint density at radius 2 is 1.77 bits per heavy atom. The summed E-state index contributed by atoms with van der Waals surface area (Å²) < 4.78 is 10.0. The maximum atomic E-state index is 11.9. The molecule has 2 aromatic carbocycles. The van der Waals surface area contributed by atoms with Crippen LogP contribution >= 0.6 is 0 Å². The van der Waals surface area contributed by atoms with Crippen LogP contribution in [0, 0.1) is 0 Å². The molecule has 0 heterocycles. The van der Waals surface area contributed by atoms with E-state index < -0.39 is 17.9 Å². The molecule has 0 bridgehead atoms. The summed E-state index contributed by atoms with van der Waals surface area (Å²) in [4.78, 5) is 34.1. The highest BCUT2D eigenvalue weighted by Gasteiger charge is 2.15. The SMILES string of the molecule is CCOC(=O)c1cc(OC(C)=O)c2ccc(C(=O)O)cc2c1. The van der Waals surface area contributed by atoms with Gasteiger partial charge in [0.1, 0.15) is 5.75 Å².